The van der Waals surface area contributed by atoms with Crippen LogP contribution >= 0.6 is 8.17 Å². The molecule has 0 aliphatic carbocycles. The Morgan fingerprint density at radius 3 is 1.96 bits per heavy atom. The Balaban J connectivity index is 2.64. The van der Waals surface area contributed by atoms with Crippen LogP contribution in [0.25, 0.3) is 0 Å². The number of hydrogen-bond donors (Lipinski definition) is 1. The molecule has 0 aromatic carbocycles. The maximum absolute atomic E-state index is 12.7. The Morgan fingerprint density at radius 1 is 0.804 bits per heavy atom. The molecule has 1 rings (SSSR count). The highest BCUT2D eigenvalue weighted by atomic mass is 31.2. The van der Waals surface area contributed by atoms with Crippen LogP contribution in [-0.4, -0.2) is 74.4 Å². The summed E-state index contributed by atoms with van der Waals surface area (Å²) in [5, 5.41) is 0. The quantitative estimate of drug-likeness (QED) is 0.0476. The third-order valence-corrected chi connectivity index (χ3v) is 11.1. The van der Waals surface area contributed by atoms with Crippen molar-refractivity contribution in [2.75, 3.05) is 40.5 Å². The average Bonchev–Trinajstić information content (AvgIpc) is 3.10. The predicted octanol–water partition coefficient (Wildman–Crippen LogP) is 11.3. The summed E-state index contributed by atoms with van der Waals surface area (Å²) in [6.07, 6.45) is 31.5. The largest absolute Gasteiger partial charge is 0.573 e. The number of likely N-dealkylation sites (N-methyl/N-ethyl adjacent to an activating group) is 1. The third-order valence-electron chi connectivity index (χ3n) is 9.55. The fourth-order valence-electron chi connectivity index (χ4n) is 6.28. The number of carbonyl (C=O) groups excluding carboxylic acids is 2. The molecule has 1 saturated heterocycles. The Kier molecular flexibility index (Phi) is 31.9. The molecule has 2 unspecified atom stereocenters. The summed E-state index contributed by atoms with van der Waals surface area (Å²) in [6.45, 7) is 4.97. The van der Waals surface area contributed by atoms with E-state index in [9.17, 15) is 14.5 Å². The van der Waals surface area contributed by atoms with Crippen LogP contribution in [0.15, 0.2) is 0 Å². The van der Waals surface area contributed by atoms with Gasteiger partial charge in [0.2, 0.25) is 0 Å². The number of nitrogens with zero attached hydrogens (tertiary/aromatic N) is 1. The highest BCUT2D eigenvalue weighted by Gasteiger charge is 2.48. The van der Waals surface area contributed by atoms with E-state index in [-0.39, 0.29) is 37.9 Å². The van der Waals surface area contributed by atoms with Crippen LogP contribution in [0, 0.1) is 6.42 Å². The summed E-state index contributed by atoms with van der Waals surface area (Å²) in [7, 11) is 0.0951. The summed E-state index contributed by atoms with van der Waals surface area (Å²) in [6, 6.07) is 0. The lowest BCUT2D eigenvalue weighted by Crippen LogP contribution is -2.31. The summed E-state index contributed by atoms with van der Waals surface area (Å²) >= 11 is 0. The highest BCUT2D eigenvalue weighted by Crippen LogP contribution is 2.59. The van der Waals surface area contributed by atoms with Crippen LogP contribution in [0.4, 0.5) is 0 Å². The van der Waals surface area contributed by atoms with Gasteiger partial charge in [0.15, 0.2) is 6.10 Å². The van der Waals surface area contributed by atoms with Gasteiger partial charge in [-0.3, -0.25) is 9.59 Å². The van der Waals surface area contributed by atoms with E-state index >= 15 is 0 Å². The minimum atomic E-state index is -3.77. The fourth-order valence-corrected chi connectivity index (χ4v) is 7.68. The van der Waals surface area contributed by atoms with E-state index in [0.29, 0.717) is 19.4 Å². The zero-order valence-corrected chi connectivity index (χ0v) is 34.5. The van der Waals surface area contributed by atoms with Gasteiger partial charge in [0, 0.05) is 19.4 Å². The van der Waals surface area contributed by atoms with Crippen molar-refractivity contribution in [1.82, 2.24) is 4.90 Å². The van der Waals surface area contributed by atoms with Crippen LogP contribution < -0.4 is 0 Å². The molecule has 1 aliphatic heterocycles. The van der Waals surface area contributed by atoms with Gasteiger partial charge < -0.3 is 14.4 Å². The second-order valence-electron chi connectivity index (χ2n) is 14.9. The molecular formula is C41H80NO8P+. The van der Waals surface area contributed by atoms with Gasteiger partial charge in [0.05, 0.1) is 0 Å². The van der Waals surface area contributed by atoms with Gasteiger partial charge in [0.1, 0.15) is 25.9 Å². The van der Waals surface area contributed by atoms with E-state index < -0.39 is 14.3 Å². The zero-order valence-electron chi connectivity index (χ0n) is 33.6. The summed E-state index contributed by atoms with van der Waals surface area (Å²) < 4.78 is 29.5. The second kappa shape index (κ2) is 33.7. The summed E-state index contributed by atoms with van der Waals surface area (Å²) in [4.78, 5) is 39.0. The van der Waals surface area contributed by atoms with Crippen molar-refractivity contribution in [2.24, 2.45) is 0 Å². The molecule has 1 radical (unpaired) electrons. The molecule has 1 aliphatic rings. The first-order valence-electron chi connectivity index (χ1n) is 21.2. The third kappa shape index (κ3) is 30.2. The molecule has 1 fully saturated rings. The Morgan fingerprint density at radius 2 is 1.35 bits per heavy atom. The highest BCUT2D eigenvalue weighted by molar-refractivity contribution is 7.55. The lowest BCUT2D eigenvalue weighted by atomic mass is 10.0. The molecule has 0 bridgehead atoms. The number of rotatable bonds is 28. The summed E-state index contributed by atoms with van der Waals surface area (Å²) in [5.74, 6) is -0.662. The van der Waals surface area contributed by atoms with Crippen molar-refractivity contribution < 1.29 is 37.5 Å². The lowest BCUT2D eigenvalue weighted by Gasteiger charge is -2.23. The van der Waals surface area contributed by atoms with Crippen molar-refractivity contribution in [3.05, 3.63) is 6.42 Å². The van der Waals surface area contributed by atoms with E-state index in [4.69, 9.17) is 23.0 Å². The van der Waals surface area contributed by atoms with E-state index in [1.807, 2.05) is 19.0 Å². The predicted molar refractivity (Wildman–Crippen MR) is 210 cm³/mol. The van der Waals surface area contributed by atoms with Crippen LogP contribution in [0.1, 0.15) is 194 Å². The van der Waals surface area contributed by atoms with Crippen molar-refractivity contribution >= 4 is 20.1 Å². The molecule has 0 aromatic heterocycles. The first-order chi connectivity index (χ1) is 24.8. The van der Waals surface area contributed by atoms with Crippen LogP contribution in [0.5, 0.6) is 0 Å². The second-order valence-corrected chi connectivity index (χ2v) is 16.6. The molecule has 0 saturated carbocycles. The first-order valence-corrected chi connectivity index (χ1v) is 22.7. The van der Waals surface area contributed by atoms with Crippen molar-refractivity contribution in [3.63, 3.8) is 0 Å². The maximum Gasteiger partial charge on any atom is 0.573 e. The number of carbonyl (C=O) groups is 2. The van der Waals surface area contributed by atoms with Gasteiger partial charge in [-0.05, 0) is 46.2 Å². The SMILES string of the molecule is CCCCCCCC[CH][C@@H]1CCCCCCCC(=O)OC(COC(=O)CCCCCCCCCCCCCCC)CO[P+](O)(OCCN(C)C)O1. The van der Waals surface area contributed by atoms with Gasteiger partial charge in [-0.2, -0.15) is 9.42 Å². The minimum Gasteiger partial charge on any atom is -0.462 e. The Bertz CT molecular complexity index is 819. The van der Waals surface area contributed by atoms with Crippen molar-refractivity contribution in [2.45, 2.75) is 206 Å². The molecule has 0 spiro atoms. The van der Waals surface area contributed by atoms with Gasteiger partial charge in [-0.1, -0.05) is 155 Å². The number of unbranched alkanes of at least 4 members (excludes halogenated alkanes) is 18. The first kappa shape index (κ1) is 48.2. The normalized spacial score (nSPS) is 21.3. The molecular weight excluding hydrogens is 665 g/mol. The lowest BCUT2D eigenvalue weighted by molar-refractivity contribution is -0.161. The molecule has 301 valence electrons. The molecule has 1 N–H and O–H groups in total. The van der Waals surface area contributed by atoms with E-state index in [1.54, 1.807) is 0 Å². The van der Waals surface area contributed by atoms with Gasteiger partial charge in [-0.25, -0.2) is 0 Å². The van der Waals surface area contributed by atoms with E-state index in [2.05, 4.69) is 20.3 Å². The standard InChI is InChI=1S/C41H80NO8P/c1-5-7-9-11-13-14-15-16-17-18-20-24-28-32-40(43)46-36-39-37-48-51(45,47-35-34-42(3)4)50-38(30-26-22-19-12-10-8-6-2)31-27-23-21-25-29-33-41(44)49-39/h30,38-39,45H,5-29,31-37H2,1-4H3/q+1/t38-,39?,51?/m1/s1. The maximum atomic E-state index is 12.7. The van der Waals surface area contributed by atoms with Crippen molar-refractivity contribution in [3.8, 4) is 0 Å². The molecule has 51 heavy (non-hydrogen) atoms. The monoisotopic (exact) mass is 746 g/mol. The minimum absolute atomic E-state index is 0.131. The molecule has 9 nitrogen and oxygen atoms in total. The van der Waals surface area contributed by atoms with Gasteiger partial charge >= 0.3 is 20.1 Å². The van der Waals surface area contributed by atoms with Gasteiger partial charge in [0.25, 0.3) is 0 Å². The number of hydrogen-bond acceptors (Lipinski definition) is 9. The molecule has 10 heteroatoms. The van der Waals surface area contributed by atoms with Crippen LogP contribution in [-0.2, 0) is 32.6 Å². The zero-order chi connectivity index (χ0) is 37.3. The topological polar surface area (TPSA) is 104 Å². The fraction of sp³-hybridized carbons (Fsp3) is 0.927. The number of esters is 2. The van der Waals surface area contributed by atoms with Crippen LogP contribution in [0.2, 0.25) is 0 Å². The van der Waals surface area contributed by atoms with E-state index in [0.717, 1.165) is 70.6 Å². The van der Waals surface area contributed by atoms with Crippen molar-refractivity contribution in [1.29, 1.82) is 0 Å². The average molecular weight is 746 g/mol. The van der Waals surface area contributed by atoms with E-state index in [1.165, 1.54) is 96.3 Å². The molecule has 0 aromatic rings. The van der Waals surface area contributed by atoms with Gasteiger partial charge in [-0.15, -0.1) is 9.05 Å². The molecule has 1 heterocycles. The Hall–Kier alpha value is -0.830. The molecule has 3 atom stereocenters. The number of cyclic esters (lactones) is 1. The van der Waals surface area contributed by atoms with Crippen LogP contribution in [0.3, 0.4) is 0 Å². The smallest absolute Gasteiger partial charge is 0.462 e. The number of ether oxygens (including phenoxy) is 2. The molecule has 0 amide bonds. The summed E-state index contributed by atoms with van der Waals surface area (Å²) in [5.41, 5.74) is 0. The Labute approximate surface area is 314 Å².